The normalized spacial score (nSPS) is 16.8. The third-order valence-electron chi connectivity index (χ3n) is 4.46. The Morgan fingerprint density at radius 2 is 2.09 bits per heavy atom. The molecule has 1 aromatic carbocycles. The lowest BCUT2D eigenvalue weighted by Crippen LogP contribution is -2.26. The molecule has 2 aliphatic rings. The second-order valence-electron chi connectivity index (χ2n) is 6.07. The van der Waals surface area contributed by atoms with Gasteiger partial charge in [0.25, 0.3) is 0 Å². The van der Waals surface area contributed by atoms with E-state index < -0.39 is 0 Å². The van der Waals surface area contributed by atoms with Crippen molar-refractivity contribution in [2.24, 2.45) is 5.73 Å². The molecule has 3 rings (SSSR count). The van der Waals surface area contributed by atoms with Crippen molar-refractivity contribution in [2.75, 3.05) is 24.6 Å². The van der Waals surface area contributed by atoms with E-state index in [1.54, 1.807) is 0 Å². The van der Waals surface area contributed by atoms with Gasteiger partial charge in [0.1, 0.15) is 0 Å². The van der Waals surface area contributed by atoms with Crippen molar-refractivity contribution in [2.45, 2.75) is 25.7 Å². The average molecular weight is 331 g/mol. The van der Waals surface area contributed by atoms with Crippen molar-refractivity contribution >= 4 is 17.3 Å². The molecule has 0 aromatic heterocycles. The highest BCUT2D eigenvalue weighted by Crippen LogP contribution is 2.37. The number of allylic oxidation sites excluding steroid dienone is 4. The minimum atomic E-state index is 0.118. The van der Waals surface area contributed by atoms with E-state index in [0.717, 1.165) is 42.8 Å². The monoisotopic (exact) mass is 330 g/mol. The summed E-state index contributed by atoms with van der Waals surface area (Å²) in [5, 5.41) is 10.2. The molecule has 0 saturated heterocycles. The molecule has 122 valence electrons. The maximum atomic E-state index is 9.43. The molecule has 0 amide bonds. The van der Waals surface area contributed by atoms with E-state index in [1.807, 2.05) is 12.1 Å². The van der Waals surface area contributed by atoms with Crippen LogP contribution >= 0.6 is 11.6 Å². The van der Waals surface area contributed by atoms with Gasteiger partial charge in [-0.3, -0.25) is 0 Å². The van der Waals surface area contributed by atoms with Crippen LogP contribution in [0.4, 0.5) is 5.69 Å². The molecule has 23 heavy (non-hydrogen) atoms. The van der Waals surface area contributed by atoms with E-state index in [1.165, 1.54) is 22.5 Å². The number of nitrogens with two attached hydrogens (primary N) is 1. The van der Waals surface area contributed by atoms with Gasteiger partial charge < -0.3 is 15.7 Å². The van der Waals surface area contributed by atoms with Gasteiger partial charge in [0, 0.05) is 23.0 Å². The maximum absolute atomic E-state index is 9.43. The van der Waals surface area contributed by atoms with Crippen LogP contribution in [0.1, 0.15) is 24.8 Å². The summed E-state index contributed by atoms with van der Waals surface area (Å²) in [7, 11) is 0. The fourth-order valence-electron chi connectivity index (χ4n) is 3.23. The minimum absolute atomic E-state index is 0.118. The van der Waals surface area contributed by atoms with Crippen LogP contribution in [0.3, 0.4) is 0 Å². The van der Waals surface area contributed by atoms with Crippen LogP contribution in [0.5, 0.6) is 0 Å². The summed E-state index contributed by atoms with van der Waals surface area (Å²) in [5.74, 6) is 0. The van der Waals surface area contributed by atoms with Gasteiger partial charge in [0.05, 0.1) is 6.61 Å². The highest BCUT2D eigenvalue weighted by Gasteiger charge is 2.23. The summed E-state index contributed by atoms with van der Waals surface area (Å²) in [6.45, 7) is 1.76. The van der Waals surface area contributed by atoms with Gasteiger partial charge in [-0.25, -0.2) is 0 Å². The third-order valence-corrected chi connectivity index (χ3v) is 4.69. The highest BCUT2D eigenvalue weighted by molar-refractivity contribution is 6.30. The number of aliphatic hydroxyl groups excluding tert-OH is 1. The molecule has 3 N–H and O–H groups in total. The Balaban J connectivity index is 2.01. The molecule has 0 radical (unpaired) electrons. The number of aliphatic hydroxyl groups is 1. The van der Waals surface area contributed by atoms with Crippen LogP contribution < -0.4 is 10.6 Å². The quantitative estimate of drug-likeness (QED) is 0.811. The predicted octanol–water partition coefficient (Wildman–Crippen LogP) is 3.57. The predicted molar refractivity (Wildman–Crippen MR) is 96.7 cm³/mol. The Morgan fingerprint density at radius 1 is 1.22 bits per heavy atom. The Bertz CT molecular complexity index is 676. The van der Waals surface area contributed by atoms with Crippen molar-refractivity contribution < 1.29 is 5.11 Å². The van der Waals surface area contributed by atoms with Gasteiger partial charge in [0.2, 0.25) is 0 Å². The number of fused-ring (bicyclic) bond motifs is 2. The van der Waals surface area contributed by atoms with Crippen molar-refractivity contribution in [3.05, 3.63) is 63.9 Å². The lowest BCUT2D eigenvalue weighted by Gasteiger charge is -2.31. The Labute approximate surface area is 142 Å². The fourth-order valence-corrected chi connectivity index (χ4v) is 3.39. The molecule has 1 aliphatic carbocycles. The summed E-state index contributed by atoms with van der Waals surface area (Å²) in [4.78, 5) is 2.36. The first-order chi connectivity index (χ1) is 11.2. The summed E-state index contributed by atoms with van der Waals surface area (Å²) in [6.07, 6.45) is 10.2. The van der Waals surface area contributed by atoms with Crippen LogP contribution in [0.2, 0.25) is 5.02 Å². The zero-order chi connectivity index (χ0) is 16.2. The van der Waals surface area contributed by atoms with Crippen molar-refractivity contribution in [3.63, 3.8) is 0 Å². The molecule has 1 aromatic rings. The first-order valence-electron chi connectivity index (χ1n) is 8.19. The molecule has 0 spiro atoms. The standard InChI is InChI=1S/C19H23ClN2O/c20-17-7-6-15-4-5-16-11-14(13-23)3-8-18(16)22(19(15)12-17)10-2-1-9-21/h3,5-8,12,23H,1-2,4,9-11,13,21H2. The number of halogens is 1. The summed E-state index contributed by atoms with van der Waals surface area (Å²) in [5.41, 5.74) is 11.7. The number of anilines is 1. The zero-order valence-corrected chi connectivity index (χ0v) is 14.0. The number of rotatable bonds is 5. The molecule has 0 unspecified atom stereocenters. The molecular weight excluding hydrogens is 308 g/mol. The Hall–Kier alpha value is -1.55. The van der Waals surface area contributed by atoms with Crippen LogP contribution in [0.25, 0.3) is 0 Å². The summed E-state index contributed by atoms with van der Waals surface area (Å²) >= 11 is 6.25. The molecule has 0 fully saturated rings. The lowest BCUT2D eigenvalue weighted by atomic mass is 9.96. The van der Waals surface area contributed by atoms with E-state index in [0.29, 0.717) is 6.54 Å². The SMILES string of the molecule is NCCCCN1C2=CC=C(CO)CC2=CCc2ccc(Cl)cc21. The summed E-state index contributed by atoms with van der Waals surface area (Å²) < 4.78 is 0. The van der Waals surface area contributed by atoms with E-state index in [2.05, 4.69) is 29.2 Å². The number of hydrogen-bond acceptors (Lipinski definition) is 3. The van der Waals surface area contributed by atoms with Gasteiger partial charge in [-0.2, -0.15) is 0 Å². The maximum Gasteiger partial charge on any atom is 0.0648 e. The molecule has 1 aliphatic heterocycles. The highest BCUT2D eigenvalue weighted by atomic mass is 35.5. The molecule has 3 nitrogen and oxygen atoms in total. The van der Waals surface area contributed by atoms with Crippen molar-refractivity contribution in [1.82, 2.24) is 0 Å². The topological polar surface area (TPSA) is 49.5 Å². The van der Waals surface area contributed by atoms with E-state index >= 15 is 0 Å². The van der Waals surface area contributed by atoms with Gasteiger partial charge in [0.15, 0.2) is 0 Å². The molecule has 0 saturated carbocycles. The van der Waals surface area contributed by atoms with Gasteiger partial charge >= 0.3 is 0 Å². The van der Waals surface area contributed by atoms with Crippen LogP contribution in [-0.2, 0) is 6.42 Å². The van der Waals surface area contributed by atoms with Crippen molar-refractivity contribution in [1.29, 1.82) is 0 Å². The largest absolute Gasteiger partial charge is 0.392 e. The van der Waals surface area contributed by atoms with Crippen LogP contribution in [0, 0.1) is 0 Å². The molecule has 1 heterocycles. The molecular formula is C19H23ClN2O. The Kier molecular flexibility index (Phi) is 5.21. The molecule has 4 heteroatoms. The number of nitrogens with zero attached hydrogens (tertiary/aromatic N) is 1. The number of hydrogen-bond donors (Lipinski definition) is 2. The van der Waals surface area contributed by atoms with Crippen LogP contribution in [-0.4, -0.2) is 24.8 Å². The second-order valence-corrected chi connectivity index (χ2v) is 6.50. The van der Waals surface area contributed by atoms with E-state index in [9.17, 15) is 5.11 Å². The summed E-state index contributed by atoms with van der Waals surface area (Å²) in [6, 6.07) is 6.13. The third kappa shape index (κ3) is 3.52. The van der Waals surface area contributed by atoms with Crippen molar-refractivity contribution in [3.8, 4) is 0 Å². The Morgan fingerprint density at radius 3 is 2.87 bits per heavy atom. The smallest absolute Gasteiger partial charge is 0.0648 e. The first kappa shape index (κ1) is 16.3. The molecule has 0 atom stereocenters. The molecule has 0 bridgehead atoms. The van der Waals surface area contributed by atoms with Gasteiger partial charge in [-0.1, -0.05) is 29.8 Å². The van der Waals surface area contributed by atoms with Gasteiger partial charge in [-0.15, -0.1) is 0 Å². The van der Waals surface area contributed by atoms with E-state index in [-0.39, 0.29) is 6.61 Å². The first-order valence-corrected chi connectivity index (χ1v) is 8.56. The zero-order valence-electron chi connectivity index (χ0n) is 13.3. The number of benzene rings is 1. The van der Waals surface area contributed by atoms with Gasteiger partial charge in [-0.05, 0) is 67.1 Å². The van der Waals surface area contributed by atoms with Crippen LogP contribution in [0.15, 0.2) is 53.3 Å². The average Bonchev–Trinajstić information content (AvgIpc) is 2.72. The minimum Gasteiger partial charge on any atom is -0.392 e. The fraction of sp³-hybridized carbons (Fsp3) is 0.368. The van der Waals surface area contributed by atoms with E-state index in [4.69, 9.17) is 17.3 Å². The number of unbranched alkanes of at least 4 members (excludes halogenated alkanes) is 1. The second kappa shape index (κ2) is 7.35. The lowest BCUT2D eigenvalue weighted by molar-refractivity contribution is 0.328.